The summed E-state index contributed by atoms with van der Waals surface area (Å²) in [6.07, 6.45) is 5.61. The van der Waals surface area contributed by atoms with Gasteiger partial charge in [-0.25, -0.2) is 0 Å². The van der Waals surface area contributed by atoms with E-state index in [0.29, 0.717) is 18.8 Å². The van der Waals surface area contributed by atoms with Crippen molar-refractivity contribution in [3.63, 3.8) is 0 Å². The van der Waals surface area contributed by atoms with Gasteiger partial charge in [-0.1, -0.05) is 26.0 Å². The van der Waals surface area contributed by atoms with E-state index in [4.69, 9.17) is 0 Å². The topological polar surface area (TPSA) is 69.6 Å². The molecule has 0 saturated heterocycles. The average molecular weight is 296 g/mol. The highest BCUT2D eigenvalue weighted by Gasteiger charge is 2.34. The van der Waals surface area contributed by atoms with E-state index in [2.05, 4.69) is 19.2 Å². The first-order chi connectivity index (χ1) is 9.81. The third-order valence-corrected chi connectivity index (χ3v) is 3.77. The molecular weight excluding hydrogens is 268 g/mol. The Hall–Kier alpha value is -1.36. The van der Waals surface area contributed by atoms with E-state index in [1.807, 2.05) is 31.1 Å². The maximum atomic E-state index is 12.5. The fraction of sp³-hybridized carbons (Fsp3) is 0.750. The first-order valence-electron chi connectivity index (χ1n) is 7.64. The second kappa shape index (κ2) is 8.17. The molecule has 0 bridgehead atoms. The summed E-state index contributed by atoms with van der Waals surface area (Å²) in [7, 11) is 3.95. The van der Waals surface area contributed by atoms with Crippen LogP contribution in [-0.4, -0.2) is 48.6 Å². The van der Waals surface area contributed by atoms with Gasteiger partial charge in [-0.3, -0.25) is 9.59 Å². The molecule has 0 fully saturated rings. The van der Waals surface area contributed by atoms with Gasteiger partial charge in [-0.15, -0.1) is 0 Å². The molecule has 0 radical (unpaired) electrons. The Bertz CT molecular complexity index is 381. The van der Waals surface area contributed by atoms with Crippen LogP contribution in [0.2, 0.25) is 0 Å². The van der Waals surface area contributed by atoms with Gasteiger partial charge in [0.2, 0.25) is 5.91 Å². The third-order valence-electron chi connectivity index (χ3n) is 3.77. The van der Waals surface area contributed by atoms with Crippen LogP contribution < -0.4 is 5.32 Å². The van der Waals surface area contributed by atoms with Crippen LogP contribution in [-0.2, 0) is 9.59 Å². The van der Waals surface area contributed by atoms with Crippen LogP contribution in [0.5, 0.6) is 0 Å². The lowest BCUT2D eigenvalue weighted by Gasteiger charge is -2.29. The number of likely N-dealkylation sites (N-methyl/N-ethyl adjacent to an activating group) is 1. The molecule has 21 heavy (non-hydrogen) atoms. The molecule has 2 N–H and O–H groups in total. The zero-order chi connectivity index (χ0) is 16.0. The van der Waals surface area contributed by atoms with Gasteiger partial charge < -0.3 is 15.3 Å². The van der Waals surface area contributed by atoms with Crippen molar-refractivity contribution < 1.29 is 14.7 Å². The highest BCUT2D eigenvalue weighted by atomic mass is 16.4. The Morgan fingerprint density at radius 1 is 1.24 bits per heavy atom. The third kappa shape index (κ3) is 5.87. The van der Waals surface area contributed by atoms with Gasteiger partial charge in [0.15, 0.2) is 0 Å². The predicted octanol–water partition coefficient (Wildman–Crippen LogP) is 1.75. The van der Waals surface area contributed by atoms with Crippen LogP contribution in [0.1, 0.15) is 33.1 Å². The Morgan fingerprint density at radius 3 is 2.29 bits per heavy atom. The van der Waals surface area contributed by atoms with E-state index in [0.717, 1.165) is 13.0 Å². The quantitative estimate of drug-likeness (QED) is 0.702. The van der Waals surface area contributed by atoms with Crippen LogP contribution >= 0.6 is 0 Å². The number of amides is 1. The molecule has 0 aromatic carbocycles. The second-order valence-electron chi connectivity index (χ2n) is 6.59. The van der Waals surface area contributed by atoms with E-state index in [-0.39, 0.29) is 11.9 Å². The van der Waals surface area contributed by atoms with Crippen molar-refractivity contribution >= 4 is 11.9 Å². The van der Waals surface area contributed by atoms with Crippen LogP contribution in [0, 0.1) is 17.8 Å². The maximum Gasteiger partial charge on any atom is 0.307 e. The summed E-state index contributed by atoms with van der Waals surface area (Å²) < 4.78 is 0. The minimum Gasteiger partial charge on any atom is -0.481 e. The Morgan fingerprint density at radius 2 is 1.81 bits per heavy atom. The molecule has 120 valence electrons. The van der Waals surface area contributed by atoms with Crippen molar-refractivity contribution in [3.05, 3.63) is 12.2 Å². The summed E-state index contributed by atoms with van der Waals surface area (Å²) in [5.74, 6) is -1.58. The molecule has 0 spiro atoms. The smallest absolute Gasteiger partial charge is 0.307 e. The monoisotopic (exact) mass is 296 g/mol. The van der Waals surface area contributed by atoms with E-state index in [9.17, 15) is 14.7 Å². The Kier molecular flexibility index (Phi) is 6.89. The molecular formula is C16H28N2O3. The number of aliphatic carboxylic acids is 1. The summed E-state index contributed by atoms with van der Waals surface area (Å²) >= 11 is 0. The summed E-state index contributed by atoms with van der Waals surface area (Å²) in [6, 6.07) is 0.0628. The molecule has 3 unspecified atom stereocenters. The molecule has 1 aliphatic rings. The zero-order valence-electron chi connectivity index (χ0n) is 13.5. The molecule has 0 saturated carbocycles. The molecule has 0 aromatic rings. The number of hydrogen-bond acceptors (Lipinski definition) is 3. The number of nitrogens with zero attached hydrogens (tertiary/aromatic N) is 1. The number of allylic oxidation sites excluding steroid dienone is 2. The van der Waals surface area contributed by atoms with Gasteiger partial charge in [0.05, 0.1) is 11.8 Å². The second-order valence-corrected chi connectivity index (χ2v) is 6.59. The lowest BCUT2D eigenvalue weighted by Crippen LogP contribution is -2.47. The standard InChI is InChI=1S/C16H28N2O3/c1-11(2)9-12(10-18(3)4)17-15(19)13-7-5-6-8-14(13)16(20)21/h5-6,11-14H,7-10H2,1-4H3,(H,17,19)(H,20,21). The summed E-state index contributed by atoms with van der Waals surface area (Å²) in [5.41, 5.74) is 0. The molecule has 5 heteroatoms. The van der Waals surface area contributed by atoms with E-state index < -0.39 is 17.8 Å². The van der Waals surface area contributed by atoms with Crippen LogP contribution in [0.4, 0.5) is 0 Å². The highest BCUT2D eigenvalue weighted by Crippen LogP contribution is 2.26. The summed E-state index contributed by atoms with van der Waals surface area (Å²) in [6.45, 7) is 5.01. The molecule has 5 nitrogen and oxygen atoms in total. The Labute approximate surface area is 127 Å². The van der Waals surface area contributed by atoms with Gasteiger partial charge in [-0.2, -0.15) is 0 Å². The van der Waals surface area contributed by atoms with Crippen LogP contribution in [0.3, 0.4) is 0 Å². The molecule has 0 aliphatic heterocycles. The number of rotatable bonds is 7. The van der Waals surface area contributed by atoms with Gasteiger partial charge in [0.25, 0.3) is 0 Å². The minimum atomic E-state index is -0.882. The maximum absolute atomic E-state index is 12.5. The number of carboxylic acids is 1. The van der Waals surface area contributed by atoms with Crippen molar-refractivity contribution in [1.29, 1.82) is 0 Å². The predicted molar refractivity (Wildman–Crippen MR) is 82.9 cm³/mol. The SMILES string of the molecule is CC(C)CC(CN(C)C)NC(=O)C1CC=CCC1C(=O)O. The zero-order valence-corrected chi connectivity index (χ0v) is 13.5. The molecule has 0 aromatic heterocycles. The van der Waals surface area contributed by atoms with Gasteiger partial charge in [0.1, 0.15) is 0 Å². The number of carboxylic acid groups (broad SMARTS) is 1. The van der Waals surface area contributed by atoms with Gasteiger partial charge in [0, 0.05) is 12.6 Å². The highest BCUT2D eigenvalue weighted by molar-refractivity contribution is 5.85. The summed E-state index contributed by atoms with van der Waals surface area (Å²) in [4.78, 5) is 25.8. The van der Waals surface area contributed by atoms with Crippen molar-refractivity contribution in [2.45, 2.75) is 39.2 Å². The van der Waals surface area contributed by atoms with Gasteiger partial charge in [-0.05, 0) is 39.3 Å². The van der Waals surface area contributed by atoms with Crippen molar-refractivity contribution in [1.82, 2.24) is 10.2 Å². The van der Waals surface area contributed by atoms with Crippen molar-refractivity contribution in [2.75, 3.05) is 20.6 Å². The lowest BCUT2D eigenvalue weighted by atomic mass is 9.82. The molecule has 1 aliphatic carbocycles. The largest absolute Gasteiger partial charge is 0.481 e. The van der Waals surface area contributed by atoms with Crippen molar-refractivity contribution in [3.8, 4) is 0 Å². The summed E-state index contributed by atoms with van der Waals surface area (Å²) in [5, 5.41) is 12.3. The molecule has 3 atom stereocenters. The fourth-order valence-electron chi connectivity index (χ4n) is 2.87. The normalized spacial score (nSPS) is 23.3. The van der Waals surface area contributed by atoms with Crippen LogP contribution in [0.25, 0.3) is 0 Å². The number of carbonyl (C=O) groups excluding carboxylic acids is 1. The number of hydrogen-bond donors (Lipinski definition) is 2. The first-order valence-corrected chi connectivity index (χ1v) is 7.64. The Balaban J connectivity index is 2.70. The molecule has 0 heterocycles. The molecule has 1 rings (SSSR count). The van der Waals surface area contributed by atoms with Crippen molar-refractivity contribution in [2.24, 2.45) is 17.8 Å². The molecule has 1 amide bonds. The van der Waals surface area contributed by atoms with E-state index >= 15 is 0 Å². The van der Waals surface area contributed by atoms with E-state index in [1.165, 1.54) is 0 Å². The average Bonchev–Trinajstić information content (AvgIpc) is 2.36. The first kappa shape index (κ1) is 17.7. The minimum absolute atomic E-state index is 0.0628. The number of nitrogens with one attached hydrogen (secondary N) is 1. The lowest BCUT2D eigenvalue weighted by molar-refractivity contribution is -0.147. The van der Waals surface area contributed by atoms with Gasteiger partial charge >= 0.3 is 5.97 Å². The number of carbonyl (C=O) groups is 2. The van der Waals surface area contributed by atoms with E-state index in [1.54, 1.807) is 0 Å². The van der Waals surface area contributed by atoms with Crippen LogP contribution in [0.15, 0.2) is 12.2 Å². The fourth-order valence-corrected chi connectivity index (χ4v) is 2.87.